The molecule has 0 radical (unpaired) electrons. The Morgan fingerprint density at radius 1 is 1.04 bits per heavy atom. The van der Waals surface area contributed by atoms with Gasteiger partial charge in [-0.3, -0.25) is 0 Å². The SMILES string of the molecule is C[C@@H]1CN(c2nc(N3CC(N(C)C)C3)nc3c(C(=O)OCc4ccccc4)c(-c4cccc5cc[nH]c45)c(Cl)cc23)[C@@H](C)CN1. The fourth-order valence-corrected chi connectivity index (χ4v) is 6.68. The van der Waals surface area contributed by atoms with Gasteiger partial charge in [0.05, 0.1) is 21.6 Å². The van der Waals surface area contributed by atoms with Crippen molar-refractivity contribution < 1.29 is 9.53 Å². The van der Waals surface area contributed by atoms with E-state index in [0.29, 0.717) is 33.7 Å². The first-order valence-corrected chi connectivity index (χ1v) is 15.9. The number of anilines is 2. The zero-order chi connectivity index (χ0) is 31.2. The Bertz CT molecular complexity index is 1870. The Hall–Kier alpha value is -4.18. The number of nitrogens with one attached hydrogen (secondary N) is 2. The predicted octanol–water partition coefficient (Wildman–Crippen LogP) is 5.73. The zero-order valence-electron chi connectivity index (χ0n) is 26.0. The molecule has 2 atom stereocenters. The van der Waals surface area contributed by atoms with Crippen LogP contribution in [0.2, 0.25) is 5.02 Å². The molecule has 2 N–H and O–H groups in total. The summed E-state index contributed by atoms with van der Waals surface area (Å²) in [5.74, 6) is 0.919. The molecule has 10 heteroatoms. The van der Waals surface area contributed by atoms with Gasteiger partial charge in [0.15, 0.2) is 0 Å². The Morgan fingerprint density at radius 3 is 2.62 bits per heavy atom. The molecule has 0 amide bonds. The van der Waals surface area contributed by atoms with Crippen LogP contribution < -0.4 is 15.1 Å². The predicted molar refractivity (Wildman–Crippen MR) is 181 cm³/mol. The van der Waals surface area contributed by atoms with Crippen molar-refractivity contribution in [3.8, 4) is 11.1 Å². The van der Waals surface area contributed by atoms with Crippen LogP contribution in [0.4, 0.5) is 11.8 Å². The first-order valence-electron chi connectivity index (χ1n) is 15.5. The fraction of sp³-hybridized carbons (Fsp3) is 0.343. The molecule has 9 nitrogen and oxygen atoms in total. The summed E-state index contributed by atoms with van der Waals surface area (Å²) in [5, 5.41) is 5.78. The fourth-order valence-electron chi connectivity index (χ4n) is 6.38. The van der Waals surface area contributed by atoms with Gasteiger partial charge in [0.2, 0.25) is 5.95 Å². The number of aromatic nitrogens is 3. The van der Waals surface area contributed by atoms with E-state index < -0.39 is 5.97 Å². The zero-order valence-corrected chi connectivity index (χ0v) is 26.8. The number of piperazine rings is 1. The van der Waals surface area contributed by atoms with Crippen LogP contribution in [0.25, 0.3) is 32.9 Å². The smallest absolute Gasteiger partial charge is 0.341 e. The summed E-state index contributed by atoms with van der Waals surface area (Å²) in [6.45, 7) is 7.70. The number of hydrogen-bond donors (Lipinski definition) is 2. The molecule has 3 aromatic carbocycles. The minimum absolute atomic E-state index is 0.133. The number of ether oxygens (including phenoxy) is 1. The number of likely N-dealkylation sites (N-methyl/N-ethyl adjacent to an activating group) is 1. The number of benzene rings is 3. The first kappa shape index (κ1) is 29.5. The molecule has 0 bridgehead atoms. The van der Waals surface area contributed by atoms with Gasteiger partial charge in [-0.15, -0.1) is 0 Å². The lowest BCUT2D eigenvalue weighted by Crippen LogP contribution is -2.58. The maximum Gasteiger partial charge on any atom is 0.341 e. The molecule has 0 spiro atoms. The number of hydrogen-bond acceptors (Lipinski definition) is 8. The third-order valence-corrected chi connectivity index (χ3v) is 9.39. The number of esters is 1. The lowest BCUT2D eigenvalue weighted by molar-refractivity contribution is 0.0475. The Labute approximate surface area is 268 Å². The maximum absolute atomic E-state index is 14.4. The van der Waals surface area contributed by atoms with Crippen molar-refractivity contribution in [3.63, 3.8) is 0 Å². The molecule has 2 aliphatic heterocycles. The van der Waals surface area contributed by atoms with Crippen molar-refractivity contribution in [1.82, 2.24) is 25.2 Å². The topological polar surface area (TPSA) is 89.6 Å². The van der Waals surface area contributed by atoms with Crippen molar-refractivity contribution in [1.29, 1.82) is 0 Å². The number of H-pyrrole nitrogens is 1. The lowest BCUT2D eigenvalue weighted by Gasteiger charge is -2.43. The van der Waals surface area contributed by atoms with Crippen molar-refractivity contribution in [2.75, 3.05) is 50.1 Å². The second kappa shape index (κ2) is 12.0. The van der Waals surface area contributed by atoms with Gasteiger partial charge in [0.1, 0.15) is 12.4 Å². The molecule has 7 rings (SSSR count). The molecule has 0 saturated carbocycles. The summed E-state index contributed by atoms with van der Waals surface area (Å²) in [4.78, 5) is 34.8. The largest absolute Gasteiger partial charge is 0.457 e. The van der Waals surface area contributed by atoms with Gasteiger partial charge in [-0.25, -0.2) is 9.78 Å². The minimum atomic E-state index is -0.475. The molecule has 45 heavy (non-hydrogen) atoms. The van der Waals surface area contributed by atoms with Crippen LogP contribution in [0.15, 0.2) is 66.9 Å². The number of carbonyl (C=O) groups is 1. The van der Waals surface area contributed by atoms with Crippen LogP contribution >= 0.6 is 11.6 Å². The monoisotopic (exact) mass is 623 g/mol. The second-order valence-corrected chi connectivity index (χ2v) is 12.9. The maximum atomic E-state index is 14.4. The average Bonchev–Trinajstić information content (AvgIpc) is 3.49. The molecule has 2 aliphatic rings. The summed E-state index contributed by atoms with van der Waals surface area (Å²) in [7, 11) is 4.18. The standard InChI is InChI=1S/C35H38ClN7O2/c1-21-17-43(22(2)16-38-21)33-27-15-28(36)29(26-12-8-11-24-13-14-37-31(24)26)30(34(44)45-20-23-9-6-5-7-10-23)32(27)39-35(40-33)42-18-25(19-42)41(3)4/h5-15,21-22,25,37-38H,16-20H2,1-4H3/t21-,22+/m1/s1. The van der Waals surface area contributed by atoms with Gasteiger partial charge >= 0.3 is 5.97 Å². The molecule has 5 aromatic rings. The van der Waals surface area contributed by atoms with Crippen molar-refractivity contribution in [2.24, 2.45) is 0 Å². The molecule has 2 fully saturated rings. The summed E-state index contributed by atoms with van der Waals surface area (Å²) in [5.41, 5.74) is 4.11. The number of aromatic amines is 1. The van der Waals surface area contributed by atoms with E-state index in [2.05, 4.69) is 52.9 Å². The molecular weight excluding hydrogens is 586 g/mol. The highest BCUT2D eigenvalue weighted by molar-refractivity contribution is 6.36. The van der Waals surface area contributed by atoms with Crippen molar-refractivity contribution in [2.45, 2.75) is 38.6 Å². The highest BCUT2D eigenvalue weighted by Crippen LogP contribution is 2.43. The van der Waals surface area contributed by atoms with E-state index in [0.717, 1.165) is 59.4 Å². The van der Waals surface area contributed by atoms with E-state index in [4.69, 9.17) is 26.3 Å². The van der Waals surface area contributed by atoms with E-state index in [1.165, 1.54) is 0 Å². The number of carbonyl (C=O) groups excluding carboxylic acids is 1. The number of para-hydroxylation sites is 1. The number of fused-ring (bicyclic) bond motifs is 2. The van der Waals surface area contributed by atoms with Crippen LogP contribution in [0.3, 0.4) is 0 Å². The summed E-state index contributed by atoms with van der Waals surface area (Å²) < 4.78 is 6.03. The number of halogens is 1. The normalized spacial score (nSPS) is 19.0. The van der Waals surface area contributed by atoms with Crippen LogP contribution in [0, 0.1) is 0 Å². The number of nitrogens with zero attached hydrogens (tertiary/aromatic N) is 5. The Kier molecular flexibility index (Phi) is 7.85. The minimum Gasteiger partial charge on any atom is -0.457 e. The van der Waals surface area contributed by atoms with Gasteiger partial charge in [0.25, 0.3) is 0 Å². The molecule has 4 heterocycles. The van der Waals surface area contributed by atoms with Crippen molar-refractivity contribution >= 4 is 51.1 Å². The van der Waals surface area contributed by atoms with E-state index in [9.17, 15) is 4.79 Å². The van der Waals surface area contributed by atoms with Gasteiger partial charge < -0.3 is 29.7 Å². The molecule has 2 saturated heterocycles. The van der Waals surface area contributed by atoms with E-state index >= 15 is 0 Å². The molecule has 2 aromatic heterocycles. The third kappa shape index (κ3) is 5.49. The molecule has 0 aliphatic carbocycles. The average molecular weight is 624 g/mol. The Morgan fingerprint density at radius 2 is 1.84 bits per heavy atom. The van der Waals surface area contributed by atoms with Gasteiger partial charge in [0, 0.05) is 67.0 Å². The van der Waals surface area contributed by atoms with Crippen LogP contribution in [-0.2, 0) is 11.3 Å². The molecular formula is C35H38ClN7O2. The van der Waals surface area contributed by atoms with E-state index in [-0.39, 0.29) is 18.7 Å². The van der Waals surface area contributed by atoms with Crippen LogP contribution in [0.5, 0.6) is 0 Å². The van der Waals surface area contributed by atoms with Crippen LogP contribution in [0.1, 0.15) is 29.8 Å². The van der Waals surface area contributed by atoms with Crippen molar-refractivity contribution in [3.05, 3.63) is 83.0 Å². The first-order chi connectivity index (χ1) is 21.8. The summed E-state index contributed by atoms with van der Waals surface area (Å²) in [6.07, 6.45) is 1.90. The van der Waals surface area contributed by atoms with Crippen LogP contribution in [-0.4, -0.2) is 84.2 Å². The summed E-state index contributed by atoms with van der Waals surface area (Å²) >= 11 is 7.22. The quantitative estimate of drug-likeness (QED) is 0.222. The van der Waals surface area contributed by atoms with E-state index in [1.54, 1.807) is 0 Å². The third-order valence-electron chi connectivity index (χ3n) is 9.10. The van der Waals surface area contributed by atoms with E-state index in [1.807, 2.05) is 66.9 Å². The molecule has 0 unspecified atom stereocenters. The lowest BCUT2D eigenvalue weighted by atomic mass is 9.94. The summed E-state index contributed by atoms with van der Waals surface area (Å²) in [6, 6.07) is 20.5. The molecule has 232 valence electrons. The van der Waals surface area contributed by atoms with Gasteiger partial charge in [-0.1, -0.05) is 60.1 Å². The highest BCUT2D eigenvalue weighted by atomic mass is 35.5. The van der Waals surface area contributed by atoms with Gasteiger partial charge in [-0.2, -0.15) is 4.98 Å². The number of rotatable bonds is 7. The second-order valence-electron chi connectivity index (χ2n) is 12.5. The Balaban J connectivity index is 1.46. The van der Waals surface area contributed by atoms with Gasteiger partial charge in [-0.05, 0) is 51.0 Å². The highest BCUT2D eigenvalue weighted by Gasteiger charge is 2.34.